The summed E-state index contributed by atoms with van der Waals surface area (Å²) in [7, 11) is -3.78. The van der Waals surface area contributed by atoms with E-state index in [9.17, 15) is 8.42 Å². The Morgan fingerprint density at radius 2 is 2.00 bits per heavy atom. The fourth-order valence-electron chi connectivity index (χ4n) is 2.26. The SMILES string of the molecule is Cc1cccc(S(=O)(=O)c2nc3[nH]ccc3nc2C(C)N)c1. The number of nitrogens with zero attached hydrogens (tertiary/aromatic N) is 2. The van der Waals surface area contributed by atoms with Gasteiger partial charge in [0.1, 0.15) is 5.52 Å². The first kappa shape index (κ1) is 14.7. The van der Waals surface area contributed by atoms with Gasteiger partial charge in [-0.15, -0.1) is 0 Å². The van der Waals surface area contributed by atoms with Crippen molar-refractivity contribution in [2.24, 2.45) is 5.73 Å². The van der Waals surface area contributed by atoms with Crippen LogP contribution in [-0.4, -0.2) is 23.4 Å². The van der Waals surface area contributed by atoms with E-state index < -0.39 is 15.9 Å². The number of aryl methyl sites for hydroxylation is 1. The molecule has 22 heavy (non-hydrogen) atoms. The molecule has 2 aromatic heterocycles. The molecule has 0 aliphatic rings. The Labute approximate surface area is 128 Å². The van der Waals surface area contributed by atoms with Crippen molar-refractivity contribution < 1.29 is 8.42 Å². The van der Waals surface area contributed by atoms with Gasteiger partial charge in [0.25, 0.3) is 0 Å². The highest BCUT2D eigenvalue weighted by atomic mass is 32.2. The minimum absolute atomic E-state index is 0.0944. The van der Waals surface area contributed by atoms with Gasteiger partial charge < -0.3 is 10.7 Å². The lowest BCUT2D eigenvalue weighted by Crippen LogP contribution is -2.16. The van der Waals surface area contributed by atoms with Crippen molar-refractivity contribution in [3.8, 4) is 0 Å². The topological polar surface area (TPSA) is 102 Å². The summed E-state index contributed by atoms with van der Waals surface area (Å²) < 4.78 is 25.8. The maximum atomic E-state index is 12.9. The van der Waals surface area contributed by atoms with Crippen molar-refractivity contribution in [3.05, 3.63) is 47.8 Å². The average Bonchev–Trinajstić information content (AvgIpc) is 2.93. The molecule has 0 bridgehead atoms. The highest BCUT2D eigenvalue weighted by molar-refractivity contribution is 7.91. The van der Waals surface area contributed by atoms with Crippen molar-refractivity contribution in [1.29, 1.82) is 0 Å². The van der Waals surface area contributed by atoms with E-state index in [1.165, 1.54) is 0 Å². The molecule has 0 saturated carbocycles. The number of aromatic amines is 1. The molecule has 1 unspecified atom stereocenters. The van der Waals surface area contributed by atoms with Crippen molar-refractivity contribution in [3.63, 3.8) is 0 Å². The monoisotopic (exact) mass is 316 g/mol. The molecule has 114 valence electrons. The van der Waals surface area contributed by atoms with Crippen LogP contribution in [-0.2, 0) is 9.84 Å². The first-order valence-electron chi connectivity index (χ1n) is 6.82. The molecule has 3 N–H and O–H groups in total. The Morgan fingerprint density at radius 3 is 2.68 bits per heavy atom. The van der Waals surface area contributed by atoms with Crippen LogP contribution in [0.15, 0.2) is 46.5 Å². The number of H-pyrrole nitrogens is 1. The number of hydrogen-bond acceptors (Lipinski definition) is 5. The van der Waals surface area contributed by atoms with Crippen molar-refractivity contribution in [1.82, 2.24) is 15.0 Å². The molecule has 1 atom stereocenters. The molecular weight excluding hydrogens is 300 g/mol. The number of sulfone groups is 1. The fraction of sp³-hybridized carbons (Fsp3) is 0.200. The molecule has 0 radical (unpaired) electrons. The van der Waals surface area contributed by atoms with Crippen LogP contribution in [0.1, 0.15) is 24.2 Å². The van der Waals surface area contributed by atoms with Crippen LogP contribution < -0.4 is 5.73 Å². The van der Waals surface area contributed by atoms with E-state index >= 15 is 0 Å². The predicted molar refractivity (Wildman–Crippen MR) is 83.1 cm³/mol. The number of fused-ring (bicyclic) bond motifs is 1. The van der Waals surface area contributed by atoms with E-state index in [0.717, 1.165) is 5.56 Å². The first-order chi connectivity index (χ1) is 10.4. The van der Waals surface area contributed by atoms with E-state index in [1.807, 2.05) is 13.0 Å². The summed E-state index contributed by atoms with van der Waals surface area (Å²) in [6, 6.07) is 7.90. The third-order valence-electron chi connectivity index (χ3n) is 3.36. The number of aromatic nitrogens is 3. The molecule has 3 rings (SSSR count). The van der Waals surface area contributed by atoms with Crippen LogP contribution in [0.5, 0.6) is 0 Å². The van der Waals surface area contributed by atoms with Crippen LogP contribution in [0.3, 0.4) is 0 Å². The third kappa shape index (κ3) is 2.38. The van der Waals surface area contributed by atoms with Gasteiger partial charge in [0.05, 0.1) is 10.6 Å². The minimum atomic E-state index is -3.78. The first-order valence-corrected chi connectivity index (χ1v) is 8.30. The van der Waals surface area contributed by atoms with Crippen molar-refractivity contribution >= 4 is 21.0 Å². The molecule has 1 aromatic carbocycles. The maximum absolute atomic E-state index is 12.9. The smallest absolute Gasteiger partial charge is 0.225 e. The van der Waals surface area contributed by atoms with E-state index in [1.54, 1.807) is 37.4 Å². The van der Waals surface area contributed by atoms with Crippen molar-refractivity contribution in [2.75, 3.05) is 0 Å². The predicted octanol–water partition coefficient (Wildman–Crippen LogP) is 2.12. The summed E-state index contributed by atoms with van der Waals surface area (Å²) in [5.41, 5.74) is 8.05. The van der Waals surface area contributed by atoms with Gasteiger partial charge >= 0.3 is 0 Å². The highest BCUT2D eigenvalue weighted by Crippen LogP contribution is 2.26. The second-order valence-corrected chi connectivity index (χ2v) is 7.10. The normalized spacial score (nSPS) is 13.4. The lowest BCUT2D eigenvalue weighted by molar-refractivity contribution is 0.587. The lowest BCUT2D eigenvalue weighted by Gasteiger charge is -2.12. The molecule has 0 aliphatic heterocycles. The van der Waals surface area contributed by atoms with E-state index in [4.69, 9.17) is 5.73 Å². The molecule has 0 fully saturated rings. The zero-order valence-electron chi connectivity index (χ0n) is 12.2. The Balaban J connectivity index is 2.29. The number of nitrogens with two attached hydrogens (primary N) is 1. The minimum Gasteiger partial charge on any atom is -0.345 e. The number of nitrogens with one attached hydrogen (secondary N) is 1. The highest BCUT2D eigenvalue weighted by Gasteiger charge is 2.27. The quantitative estimate of drug-likeness (QED) is 0.770. The third-order valence-corrected chi connectivity index (χ3v) is 5.05. The van der Waals surface area contributed by atoms with Gasteiger partial charge in [0, 0.05) is 12.2 Å². The molecule has 6 nitrogen and oxygen atoms in total. The lowest BCUT2D eigenvalue weighted by atomic mass is 10.2. The molecule has 2 heterocycles. The molecule has 0 amide bonds. The van der Waals surface area contributed by atoms with Crippen LogP contribution >= 0.6 is 0 Å². The van der Waals surface area contributed by atoms with Gasteiger partial charge in [-0.2, -0.15) is 0 Å². The van der Waals surface area contributed by atoms with Gasteiger partial charge in [0.2, 0.25) is 9.84 Å². The molecule has 7 heteroatoms. The summed E-state index contributed by atoms with van der Waals surface area (Å²) in [6.07, 6.45) is 1.67. The summed E-state index contributed by atoms with van der Waals surface area (Å²) in [5, 5.41) is -0.0944. The number of benzene rings is 1. The van der Waals surface area contributed by atoms with E-state index in [0.29, 0.717) is 11.2 Å². The number of hydrogen-bond donors (Lipinski definition) is 2. The molecule has 0 aliphatic carbocycles. The molecule has 0 saturated heterocycles. The van der Waals surface area contributed by atoms with Crippen LogP contribution in [0, 0.1) is 6.92 Å². The van der Waals surface area contributed by atoms with Crippen LogP contribution in [0.2, 0.25) is 0 Å². The Bertz CT molecular complexity index is 945. The average molecular weight is 316 g/mol. The standard InChI is InChI=1S/C15H16N4O2S/c1-9-4-3-5-11(8-9)22(20,21)15-13(10(2)16)18-12-6-7-17-14(12)19-15/h3-8,10H,16H2,1-2H3,(H,17,19). The Hall–Kier alpha value is -2.25. The zero-order chi connectivity index (χ0) is 15.9. The molecular formula is C15H16N4O2S. The van der Waals surface area contributed by atoms with Gasteiger partial charge in [-0.3, -0.25) is 0 Å². The fourth-order valence-corrected chi connectivity index (χ4v) is 3.80. The summed E-state index contributed by atoms with van der Waals surface area (Å²) in [4.78, 5) is 11.7. The van der Waals surface area contributed by atoms with E-state index in [-0.39, 0.29) is 15.6 Å². The van der Waals surface area contributed by atoms with Crippen molar-refractivity contribution in [2.45, 2.75) is 29.8 Å². The van der Waals surface area contributed by atoms with Gasteiger partial charge in [-0.1, -0.05) is 12.1 Å². The van der Waals surface area contributed by atoms with Gasteiger partial charge in [-0.25, -0.2) is 18.4 Å². The second kappa shape index (κ2) is 5.19. The van der Waals surface area contributed by atoms with Gasteiger partial charge in [0.15, 0.2) is 10.7 Å². The number of rotatable bonds is 3. The second-order valence-electron chi connectivity index (χ2n) is 5.23. The zero-order valence-corrected chi connectivity index (χ0v) is 13.1. The Kier molecular flexibility index (Phi) is 3.46. The Morgan fingerprint density at radius 1 is 1.23 bits per heavy atom. The maximum Gasteiger partial charge on any atom is 0.225 e. The van der Waals surface area contributed by atoms with Crippen LogP contribution in [0.25, 0.3) is 11.2 Å². The van der Waals surface area contributed by atoms with Gasteiger partial charge in [-0.05, 0) is 37.6 Å². The summed E-state index contributed by atoms with van der Waals surface area (Å²) in [6.45, 7) is 3.53. The van der Waals surface area contributed by atoms with Crippen LogP contribution in [0.4, 0.5) is 0 Å². The molecule has 3 aromatic rings. The summed E-state index contributed by atoms with van der Waals surface area (Å²) in [5.74, 6) is 0. The molecule has 0 spiro atoms. The van der Waals surface area contributed by atoms with E-state index in [2.05, 4.69) is 15.0 Å². The summed E-state index contributed by atoms with van der Waals surface area (Å²) >= 11 is 0. The largest absolute Gasteiger partial charge is 0.345 e.